The van der Waals surface area contributed by atoms with E-state index in [1.165, 1.54) is 66.3 Å². The number of para-hydroxylation sites is 3. The summed E-state index contributed by atoms with van der Waals surface area (Å²) in [5, 5.41) is 6.68. The molecule has 2 aliphatic rings. The largest absolute Gasteiger partial charge is 0.456 e. The summed E-state index contributed by atoms with van der Waals surface area (Å²) in [7, 11) is 0. The molecule has 14 aromatic rings. The topological polar surface area (TPSA) is 69.9 Å². The highest BCUT2D eigenvalue weighted by molar-refractivity contribution is 6.17. The number of furan rings is 2. The molecule has 2 aliphatic carbocycles. The Morgan fingerprint density at radius 1 is 0.329 bits per heavy atom. The highest BCUT2D eigenvalue weighted by atomic mass is 16.3. The van der Waals surface area contributed by atoms with E-state index in [9.17, 15) is 0 Å². The normalized spacial score (nSPS) is 13.3. The smallest absolute Gasteiger partial charge is 0.164 e. The fourth-order valence-corrected chi connectivity index (χ4v) is 12.2. The minimum absolute atomic E-state index is 0.567. The van der Waals surface area contributed by atoms with Gasteiger partial charge >= 0.3 is 0 Å². The first-order chi connectivity index (χ1) is 34.7. The lowest BCUT2D eigenvalue weighted by atomic mass is 9.69. The standard InChI is InChI=1S/C64H36N4O2/c1-3-15-37(16-4-1)61-65-62(67-63(66-61)39-27-29-45-44-22-10-14-26-55(44)70-58(45)34-39)38-28-31-56-49(33-38)59-57(69-56)32-30-46-47-35-48-43-21-9-13-25-53(43)68(40-17-5-2-6-18-40)54(48)36-52(47)64(60(46)59)50-23-11-7-19-41(50)42-20-8-12-24-51(42)64/h1-36H. The summed E-state index contributed by atoms with van der Waals surface area (Å²) in [5.41, 5.74) is 18.7. The molecular weight excluding hydrogens is 857 g/mol. The Hall–Kier alpha value is -9.39. The fourth-order valence-electron chi connectivity index (χ4n) is 12.2. The molecule has 10 aromatic carbocycles. The van der Waals surface area contributed by atoms with Crippen molar-refractivity contribution in [3.63, 3.8) is 0 Å². The van der Waals surface area contributed by atoms with Gasteiger partial charge in [-0.3, -0.25) is 0 Å². The van der Waals surface area contributed by atoms with Crippen molar-refractivity contribution in [2.24, 2.45) is 0 Å². The van der Waals surface area contributed by atoms with Crippen LogP contribution in [0.1, 0.15) is 22.3 Å². The molecule has 0 unspecified atom stereocenters. The number of rotatable bonds is 4. The number of aromatic nitrogens is 4. The molecule has 0 fully saturated rings. The van der Waals surface area contributed by atoms with Gasteiger partial charge in [-0.15, -0.1) is 0 Å². The maximum atomic E-state index is 6.93. The number of fused-ring (bicyclic) bond motifs is 20. The molecular formula is C64H36N4O2. The van der Waals surface area contributed by atoms with Crippen LogP contribution in [-0.4, -0.2) is 19.5 Å². The molecule has 0 N–H and O–H groups in total. The Balaban J connectivity index is 0.975. The van der Waals surface area contributed by atoms with Gasteiger partial charge in [-0.2, -0.15) is 0 Å². The van der Waals surface area contributed by atoms with Crippen molar-refractivity contribution in [3.8, 4) is 62.1 Å². The SMILES string of the molecule is c1ccc(-c2nc(-c3ccc4c(c3)oc3ccccc34)nc(-c3ccc4oc5ccc6c(c5c4c3)C3(c4ccccc4-c4ccccc43)c3cc4c(cc3-6)c3ccccc3n4-c3ccccc3)n2)cc1. The Kier molecular flexibility index (Phi) is 7.45. The molecule has 0 bridgehead atoms. The maximum Gasteiger partial charge on any atom is 0.164 e. The predicted octanol–water partition coefficient (Wildman–Crippen LogP) is 16.1. The molecule has 1 spiro atoms. The third-order valence-corrected chi connectivity index (χ3v) is 15.0. The van der Waals surface area contributed by atoms with Crippen molar-refractivity contribution >= 4 is 65.7 Å². The summed E-state index contributed by atoms with van der Waals surface area (Å²) < 4.78 is 15.7. The van der Waals surface area contributed by atoms with Crippen LogP contribution in [0, 0.1) is 0 Å². The van der Waals surface area contributed by atoms with Crippen LogP contribution in [0.2, 0.25) is 0 Å². The predicted molar refractivity (Wildman–Crippen MR) is 281 cm³/mol. The molecule has 324 valence electrons. The molecule has 0 amide bonds. The molecule has 0 saturated carbocycles. The van der Waals surface area contributed by atoms with E-state index in [1.54, 1.807) is 0 Å². The van der Waals surface area contributed by atoms with Gasteiger partial charge in [0.2, 0.25) is 0 Å². The van der Waals surface area contributed by atoms with Gasteiger partial charge < -0.3 is 13.4 Å². The lowest BCUT2D eigenvalue weighted by molar-refractivity contribution is 0.668. The van der Waals surface area contributed by atoms with E-state index in [4.69, 9.17) is 23.8 Å². The first-order valence-corrected chi connectivity index (χ1v) is 23.8. The molecule has 0 radical (unpaired) electrons. The minimum Gasteiger partial charge on any atom is -0.456 e. The van der Waals surface area contributed by atoms with E-state index >= 15 is 0 Å². The van der Waals surface area contributed by atoms with Crippen molar-refractivity contribution in [1.29, 1.82) is 0 Å². The Labute approximate surface area is 400 Å². The van der Waals surface area contributed by atoms with E-state index in [1.807, 2.05) is 54.6 Å². The molecule has 0 aliphatic heterocycles. The van der Waals surface area contributed by atoms with Crippen LogP contribution >= 0.6 is 0 Å². The van der Waals surface area contributed by atoms with Crippen molar-refractivity contribution in [1.82, 2.24) is 19.5 Å². The number of hydrogen-bond acceptors (Lipinski definition) is 5. The molecule has 4 aromatic heterocycles. The third-order valence-electron chi connectivity index (χ3n) is 15.0. The van der Waals surface area contributed by atoms with Crippen LogP contribution in [0.25, 0.3) is 128 Å². The van der Waals surface area contributed by atoms with Gasteiger partial charge in [-0.05, 0) is 117 Å². The van der Waals surface area contributed by atoms with Crippen LogP contribution < -0.4 is 0 Å². The number of nitrogens with zero attached hydrogens (tertiary/aromatic N) is 4. The van der Waals surface area contributed by atoms with Gasteiger partial charge in [0.15, 0.2) is 17.5 Å². The average molecular weight is 893 g/mol. The summed E-state index contributed by atoms with van der Waals surface area (Å²) in [6, 6.07) is 77.9. The molecule has 4 heterocycles. The summed E-state index contributed by atoms with van der Waals surface area (Å²) in [6.07, 6.45) is 0. The van der Waals surface area contributed by atoms with Crippen LogP contribution in [-0.2, 0) is 5.41 Å². The van der Waals surface area contributed by atoms with Gasteiger partial charge in [-0.1, -0.05) is 146 Å². The Morgan fingerprint density at radius 3 is 1.70 bits per heavy atom. The zero-order chi connectivity index (χ0) is 45.7. The van der Waals surface area contributed by atoms with Gasteiger partial charge in [0.25, 0.3) is 0 Å². The van der Waals surface area contributed by atoms with Gasteiger partial charge in [-0.25, -0.2) is 15.0 Å². The molecule has 6 nitrogen and oxygen atoms in total. The lowest BCUT2D eigenvalue weighted by Crippen LogP contribution is -2.26. The maximum absolute atomic E-state index is 6.93. The lowest BCUT2D eigenvalue weighted by Gasteiger charge is -2.31. The highest BCUT2D eigenvalue weighted by Crippen LogP contribution is 2.65. The van der Waals surface area contributed by atoms with E-state index in [0.29, 0.717) is 17.5 Å². The van der Waals surface area contributed by atoms with Crippen LogP contribution in [0.3, 0.4) is 0 Å². The fraction of sp³-hybridized carbons (Fsp3) is 0.0156. The summed E-state index contributed by atoms with van der Waals surface area (Å²) >= 11 is 0. The number of benzene rings is 10. The second kappa shape index (κ2) is 13.8. The molecule has 0 saturated heterocycles. The van der Waals surface area contributed by atoms with E-state index in [2.05, 4.69) is 168 Å². The Morgan fingerprint density at radius 2 is 0.914 bits per heavy atom. The van der Waals surface area contributed by atoms with Gasteiger partial charge in [0, 0.05) is 54.7 Å². The Bertz CT molecular complexity index is 4500. The van der Waals surface area contributed by atoms with Crippen LogP contribution in [0.4, 0.5) is 0 Å². The minimum atomic E-state index is -0.660. The zero-order valence-electron chi connectivity index (χ0n) is 37.4. The van der Waals surface area contributed by atoms with Crippen molar-refractivity contribution in [2.75, 3.05) is 0 Å². The highest BCUT2D eigenvalue weighted by Gasteiger charge is 2.53. The van der Waals surface area contributed by atoms with Crippen molar-refractivity contribution in [2.45, 2.75) is 5.41 Å². The van der Waals surface area contributed by atoms with Crippen molar-refractivity contribution in [3.05, 3.63) is 241 Å². The molecule has 70 heavy (non-hydrogen) atoms. The summed E-state index contributed by atoms with van der Waals surface area (Å²) in [4.78, 5) is 15.6. The summed E-state index contributed by atoms with van der Waals surface area (Å²) in [5.74, 6) is 1.73. The third kappa shape index (κ3) is 4.98. The van der Waals surface area contributed by atoms with Crippen LogP contribution in [0.15, 0.2) is 227 Å². The second-order valence-electron chi connectivity index (χ2n) is 18.6. The average Bonchev–Trinajstić information content (AvgIpc) is 4.23. The van der Waals surface area contributed by atoms with Gasteiger partial charge in [0.05, 0.1) is 16.4 Å². The molecule has 6 heteroatoms. The second-order valence-corrected chi connectivity index (χ2v) is 18.6. The zero-order valence-corrected chi connectivity index (χ0v) is 37.4. The van der Waals surface area contributed by atoms with Crippen LogP contribution in [0.5, 0.6) is 0 Å². The first kappa shape index (κ1) is 37.7. The van der Waals surface area contributed by atoms with E-state index in [0.717, 1.165) is 66.3 Å². The first-order valence-electron chi connectivity index (χ1n) is 23.8. The monoisotopic (exact) mass is 892 g/mol. The van der Waals surface area contributed by atoms with E-state index in [-0.39, 0.29) is 0 Å². The van der Waals surface area contributed by atoms with Gasteiger partial charge in [0.1, 0.15) is 22.3 Å². The van der Waals surface area contributed by atoms with E-state index < -0.39 is 5.41 Å². The molecule has 16 rings (SSSR count). The molecule has 0 atom stereocenters. The quantitative estimate of drug-likeness (QED) is 0.176. The van der Waals surface area contributed by atoms with Crippen molar-refractivity contribution < 1.29 is 8.83 Å². The number of hydrogen-bond donors (Lipinski definition) is 0. The summed E-state index contributed by atoms with van der Waals surface area (Å²) in [6.45, 7) is 0.